The molecule has 1 saturated carbocycles. The van der Waals surface area contributed by atoms with Crippen LogP contribution >= 0.6 is 11.6 Å². The van der Waals surface area contributed by atoms with Gasteiger partial charge in [0.25, 0.3) is 0 Å². The predicted octanol–water partition coefficient (Wildman–Crippen LogP) is 3.35. The van der Waals surface area contributed by atoms with E-state index in [4.69, 9.17) is 11.6 Å². The second kappa shape index (κ2) is 7.56. The number of halogens is 1. The van der Waals surface area contributed by atoms with E-state index in [-0.39, 0.29) is 23.3 Å². The number of benzene rings is 2. The zero-order valence-corrected chi connectivity index (χ0v) is 15.1. The van der Waals surface area contributed by atoms with Crippen molar-refractivity contribution in [2.24, 2.45) is 0 Å². The van der Waals surface area contributed by atoms with Crippen LogP contribution in [0.15, 0.2) is 53.4 Å². The Balaban J connectivity index is 1.55. The van der Waals surface area contributed by atoms with Gasteiger partial charge in [-0.2, -0.15) is 0 Å². The lowest BCUT2D eigenvalue weighted by Gasteiger charge is -2.08. The quantitative estimate of drug-likeness (QED) is 0.775. The molecule has 2 N–H and O–H groups in total. The lowest BCUT2D eigenvalue weighted by Crippen LogP contribution is -2.25. The normalized spacial score (nSPS) is 14.3. The summed E-state index contributed by atoms with van der Waals surface area (Å²) in [5.74, 6) is -0.139. The minimum Gasteiger partial charge on any atom is -0.325 e. The average molecular weight is 379 g/mol. The Bertz CT molecular complexity index is 862. The molecule has 3 rings (SSSR count). The van der Waals surface area contributed by atoms with E-state index in [9.17, 15) is 13.2 Å². The molecule has 0 radical (unpaired) electrons. The van der Waals surface area contributed by atoms with Crippen LogP contribution in [-0.2, 0) is 21.2 Å². The maximum Gasteiger partial charge on any atom is 0.240 e. The number of anilines is 1. The first-order valence-electron chi connectivity index (χ1n) is 8.10. The summed E-state index contributed by atoms with van der Waals surface area (Å²) < 4.78 is 26.9. The number of hydrogen-bond acceptors (Lipinski definition) is 3. The topological polar surface area (TPSA) is 75.3 Å². The third-order valence-corrected chi connectivity index (χ3v) is 5.79. The minimum atomic E-state index is -3.43. The molecule has 0 atom stereocenters. The van der Waals surface area contributed by atoms with Gasteiger partial charge in [-0.15, -0.1) is 0 Å². The average Bonchev–Trinajstić information content (AvgIpc) is 3.39. The molecule has 1 aliphatic rings. The zero-order valence-electron chi connectivity index (χ0n) is 13.5. The van der Waals surface area contributed by atoms with Crippen molar-refractivity contribution < 1.29 is 13.2 Å². The van der Waals surface area contributed by atoms with Crippen LogP contribution in [0.5, 0.6) is 0 Å². The molecule has 1 aliphatic carbocycles. The number of sulfonamides is 1. The van der Waals surface area contributed by atoms with Crippen molar-refractivity contribution in [3.05, 3.63) is 59.1 Å². The fraction of sp³-hybridized carbons (Fsp3) is 0.278. The molecule has 7 heteroatoms. The van der Waals surface area contributed by atoms with Gasteiger partial charge >= 0.3 is 0 Å². The molecule has 5 nitrogen and oxygen atoms in total. The highest BCUT2D eigenvalue weighted by atomic mass is 35.5. The molecule has 0 bridgehead atoms. The molecule has 25 heavy (non-hydrogen) atoms. The first-order valence-corrected chi connectivity index (χ1v) is 9.96. The highest BCUT2D eigenvalue weighted by Gasteiger charge is 2.27. The van der Waals surface area contributed by atoms with Gasteiger partial charge < -0.3 is 5.32 Å². The summed E-state index contributed by atoms with van der Waals surface area (Å²) in [6.45, 7) is 0. The Labute approximate surface area is 152 Å². The van der Waals surface area contributed by atoms with E-state index in [1.807, 2.05) is 0 Å². The first-order chi connectivity index (χ1) is 11.9. The van der Waals surface area contributed by atoms with E-state index in [2.05, 4.69) is 10.0 Å². The van der Waals surface area contributed by atoms with Gasteiger partial charge in [-0.1, -0.05) is 35.9 Å². The van der Waals surface area contributed by atoms with Crippen LogP contribution in [-0.4, -0.2) is 20.4 Å². The fourth-order valence-corrected chi connectivity index (χ4v) is 3.85. The number of rotatable bonds is 7. The molecule has 0 saturated heterocycles. The van der Waals surface area contributed by atoms with Gasteiger partial charge in [0.15, 0.2) is 0 Å². The van der Waals surface area contributed by atoms with Gasteiger partial charge in [0.2, 0.25) is 15.9 Å². The van der Waals surface area contributed by atoms with Crippen LogP contribution in [0, 0.1) is 0 Å². The molecular weight excluding hydrogens is 360 g/mol. The van der Waals surface area contributed by atoms with Gasteiger partial charge in [0.05, 0.1) is 15.6 Å². The van der Waals surface area contributed by atoms with Crippen LogP contribution in [0.1, 0.15) is 24.8 Å². The highest BCUT2D eigenvalue weighted by Crippen LogP contribution is 2.23. The SMILES string of the molecule is O=C(CCc1ccc(S(=O)(=O)NC2CC2)cc1)Nc1ccccc1Cl. The van der Waals surface area contributed by atoms with Gasteiger partial charge in [0, 0.05) is 12.5 Å². The van der Waals surface area contributed by atoms with Crippen molar-refractivity contribution in [1.29, 1.82) is 0 Å². The summed E-state index contributed by atoms with van der Waals surface area (Å²) >= 11 is 6.01. The lowest BCUT2D eigenvalue weighted by molar-refractivity contribution is -0.116. The summed E-state index contributed by atoms with van der Waals surface area (Å²) in [5, 5.41) is 3.26. The Hall–Kier alpha value is -1.89. The number of carbonyl (C=O) groups excluding carboxylic acids is 1. The predicted molar refractivity (Wildman–Crippen MR) is 98.2 cm³/mol. The number of carbonyl (C=O) groups is 1. The second-order valence-corrected chi connectivity index (χ2v) is 8.19. The molecule has 132 valence electrons. The molecule has 0 unspecified atom stereocenters. The molecule has 0 aromatic heterocycles. The molecule has 0 heterocycles. The summed E-state index contributed by atoms with van der Waals surface area (Å²) in [5.41, 5.74) is 1.49. The van der Waals surface area contributed by atoms with Crippen LogP contribution in [0.2, 0.25) is 5.02 Å². The van der Waals surface area contributed by atoms with E-state index in [0.29, 0.717) is 17.1 Å². The Morgan fingerprint density at radius 1 is 1.08 bits per heavy atom. The number of hydrogen-bond donors (Lipinski definition) is 2. The van der Waals surface area contributed by atoms with E-state index in [1.165, 1.54) is 0 Å². The van der Waals surface area contributed by atoms with Gasteiger partial charge in [-0.25, -0.2) is 13.1 Å². The number of para-hydroxylation sites is 1. The van der Waals surface area contributed by atoms with Crippen molar-refractivity contribution in [2.45, 2.75) is 36.6 Å². The van der Waals surface area contributed by atoms with Crippen molar-refractivity contribution in [1.82, 2.24) is 4.72 Å². The Kier molecular flexibility index (Phi) is 5.42. The monoisotopic (exact) mass is 378 g/mol. The summed E-state index contributed by atoms with van der Waals surface area (Å²) in [4.78, 5) is 12.3. The van der Waals surface area contributed by atoms with Crippen molar-refractivity contribution >= 4 is 33.2 Å². The molecule has 0 spiro atoms. The van der Waals surface area contributed by atoms with Crippen LogP contribution < -0.4 is 10.0 Å². The molecule has 1 fully saturated rings. The number of nitrogens with one attached hydrogen (secondary N) is 2. The molecule has 2 aromatic rings. The fourth-order valence-electron chi connectivity index (χ4n) is 2.36. The number of amides is 1. The third kappa shape index (κ3) is 5.04. The zero-order chi connectivity index (χ0) is 17.9. The standard InChI is InChI=1S/C18H19ClN2O3S/c19-16-3-1-2-4-17(16)20-18(22)12-7-13-5-10-15(11-6-13)25(23,24)21-14-8-9-14/h1-6,10-11,14,21H,7-9,12H2,(H,20,22). The van der Waals surface area contributed by atoms with E-state index in [0.717, 1.165) is 18.4 Å². The highest BCUT2D eigenvalue weighted by molar-refractivity contribution is 7.89. The van der Waals surface area contributed by atoms with Crippen molar-refractivity contribution in [2.75, 3.05) is 5.32 Å². The van der Waals surface area contributed by atoms with E-state index in [1.54, 1.807) is 48.5 Å². The maximum atomic E-state index is 12.1. The third-order valence-electron chi connectivity index (χ3n) is 3.92. The van der Waals surface area contributed by atoms with Gasteiger partial charge in [0.1, 0.15) is 0 Å². The summed E-state index contributed by atoms with van der Waals surface area (Å²) in [6.07, 6.45) is 2.61. The van der Waals surface area contributed by atoms with Crippen molar-refractivity contribution in [3.63, 3.8) is 0 Å². The van der Waals surface area contributed by atoms with Crippen LogP contribution in [0.4, 0.5) is 5.69 Å². The van der Waals surface area contributed by atoms with Crippen LogP contribution in [0.3, 0.4) is 0 Å². The smallest absolute Gasteiger partial charge is 0.240 e. The van der Waals surface area contributed by atoms with Crippen molar-refractivity contribution in [3.8, 4) is 0 Å². The molecule has 1 amide bonds. The minimum absolute atomic E-state index is 0.0817. The Morgan fingerprint density at radius 3 is 2.40 bits per heavy atom. The molecule has 0 aliphatic heterocycles. The Morgan fingerprint density at radius 2 is 1.76 bits per heavy atom. The van der Waals surface area contributed by atoms with Gasteiger partial charge in [-0.05, 0) is 49.1 Å². The summed E-state index contributed by atoms with van der Waals surface area (Å²) in [7, 11) is -3.43. The molecular formula is C18H19ClN2O3S. The summed E-state index contributed by atoms with van der Waals surface area (Å²) in [6, 6.07) is 13.8. The second-order valence-electron chi connectivity index (χ2n) is 6.07. The largest absolute Gasteiger partial charge is 0.325 e. The molecule has 2 aromatic carbocycles. The van der Waals surface area contributed by atoms with E-state index < -0.39 is 10.0 Å². The number of aryl methyl sites for hydroxylation is 1. The first kappa shape index (κ1) is 17.9. The maximum absolute atomic E-state index is 12.1. The van der Waals surface area contributed by atoms with Gasteiger partial charge in [-0.3, -0.25) is 4.79 Å². The lowest BCUT2D eigenvalue weighted by atomic mass is 10.1. The van der Waals surface area contributed by atoms with E-state index >= 15 is 0 Å². The van der Waals surface area contributed by atoms with Crippen LogP contribution in [0.25, 0.3) is 0 Å².